The van der Waals surface area contributed by atoms with Gasteiger partial charge in [0, 0.05) is 44.1 Å². The van der Waals surface area contributed by atoms with E-state index in [2.05, 4.69) is 41.7 Å². The van der Waals surface area contributed by atoms with Crippen molar-refractivity contribution in [1.29, 1.82) is 0 Å². The Labute approximate surface area is 159 Å². The number of rotatable bonds is 6. The molecule has 0 saturated carbocycles. The van der Waals surface area contributed by atoms with Gasteiger partial charge in [-0.2, -0.15) is 9.49 Å². The Morgan fingerprint density at radius 1 is 1.30 bits per heavy atom. The summed E-state index contributed by atoms with van der Waals surface area (Å²) in [4.78, 5) is 4.33. The van der Waals surface area contributed by atoms with E-state index >= 15 is 0 Å². The molecule has 0 aromatic carbocycles. The summed E-state index contributed by atoms with van der Waals surface area (Å²) in [5.74, 6) is -0.503. The second-order valence-electron chi connectivity index (χ2n) is 8.82. The van der Waals surface area contributed by atoms with E-state index in [1.165, 1.54) is 6.07 Å². The first-order valence-electron chi connectivity index (χ1n) is 9.41. The fraction of sp³-hybridized carbons (Fsp3) is 0.526. The Kier molecular flexibility index (Phi) is 4.42. The second-order valence-corrected chi connectivity index (χ2v) is 14.4. The summed E-state index contributed by atoms with van der Waals surface area (Å²) in [5.41, 5.74) is 3.49. The maximum Gasteiger partial charge on any atom is 0.235 e. The number of ether oxygens (including phenoxy) is 1. The number of hydrogen-bond donors (Lipinski definition) is 0. The van der Waals surface area contributed by atoms with Gasteiger partial charge in [0.05, 0.1) is 11.9 Å². The third kappa shape index (κ3) is 3.43. The third-order valence-corrected chi connectivity index (χ3v) is 7.14. The lowest BCUT2D eigenvalue weighted by Gasteiger charge is -2.24. The Balaban J connectivity index is 1.57. The van der Waals surface area contributed by atoms with Crippen LogP contribution >= 0.6 is 0 Å². The molecule has 0 aliphatic heterocycles. The van der Waals surface area contributed by atoms with Crippen molar-refractivity contribution in [2.45, 2.75) is 57.6 Å². The average Bonchev–Trinajstić information content (AvgIpc) is 3.28. The van der Waals surface area contributed by atoms with Gasteiger partial charge in [0.2, 0.25) is 5.95 Å². The van der Waals surface area contributed by atoms with Gasteiger partial charge >= 0.3 is 0 Å². The van der Waals surface area contributed by atoms with Crippen LogP contribution in [0.1, 0.15) is 30.2 Å². The first-order chi connectivity index (χ1) is 12.8. The number of fused-ring (bicyclic) bond motifs is 3. The maximum absolute atomic E-state index is 13.7. The van der Waals surface area contributed by atoms with Crippen molar-refractivity contribution in [3.63, 3.8) is 0 Å². The van der Waals surface area contributed by atoms with Gasteiger partial charge in [0.25, 0.3) is 0 Å². The number of nitrogens with zero attached hydrogens (tertiary/aromatic N) is 5. The van der Waals surface area contributed by atoms with Crippen LogP contribution < -0.4 is 0 Å². The zero-order chi connectivity index (χ0) is 19.2. The molecular formula is C19H26FN5OSi. The summed E-state index contributed by atoms with van der Waals surface area (Å²) < 4.78 is 23.0. The lowest BCUT2D eigenvalue weighted by Crippen LogP contribution is -2.23. The maximum atomic E-state index is 13.7. The molecule has 1 unspecified atom stereocenters. The normalized spacial score (nSPS) is 19.7. The minimum absolute atomic E-state index is 0.272. The van der Waals surface area contributed by atoms with E-state index in [0.29, 0.717) is 12.4 Å². The summed E-state index contributed by atoms with van der Waals surface area (Å²) >= 11 is 0. The average molecular weight is 388 g/mol. The largest absolute Gasteiger partial charge is 0.360 e. The lowest BCUT2D eigenvalue weighted by atomic mass is 9.82. The van der Waals surface area contributed by atoms with Gasteiger partial charge in [-0.25, -0.2) is 14.2 Å². The molecule has 1 aliphatic carbocycles. The highest BCUT2D eigenvalue weighted by atomic mass is 28.3. The van der Waals surface area contributed by atoms with Crippen LogP contribution in [0.25, 0.3) is 5.65 Å². The SMILES string of the molecule is CC1(c2cnn(COCC[Si](C)(C)C)c2)CCc2cnc3cc(F)nn3c21. The first-order valence-corrected chi connectivity index (χ1v) is 13.1. The molecule has 0 bridgehead atoms. The number of aryl methyl sites for hydroxylation is 1. The number of hydrogen-bond acceptors (Lipinski definition) is 4. The Bertz CT molecular complexity index is 976. The van der Waals surface area contributed by atoms with Crippen molar-refractivity contribution < 1.29 is 9.13 Å². The van der Waals surface area contributed by atoms with Crippen molar-refractivity contribution in [2.75, 3.05) is 6.61 Å². The highest BCUT2D eigenvalue weighted by molar-refractivity contribution is 6.76. The van der Waals surface area contributed by atoms with Crippen molar-refractivity contribution in [3.05, 3.63) is 47.4 Å². The van der Waals surface area contributed by atoms with Crippen molar-refractivity contribution in [1.82, 2.24) is 24.4 Å². The molecule has 8 heteroatoms. The van der Waals surface area contributed by atoms with Gasteiger partial charge in [-0.15, -0.1) is 5.10 Å². The van der Waals surface area contributed by atoms with Gasteiger partial charge in [0.15, 0.2) is 5.65 Å². The molecule has 3 aromatic rings. The molecule has 0 N–H and O–H groups in total. The predicted molar refractivity (Wildman–Crippen MR) is 104 cm³/mol. The van der Waals surface area contributed by atoms with E-state index < -0.39 is 14.0 Å². The molecule has 3 heterocycles. The summed E-state index contributed by atoms with van der Waals surface area (Å²) in [7, 11) is -1.09. The monoisotopic (exact) mass is 387 g/mol. The Hall–Kier alpha value is -2.06. The minimum Gasteiger partial charge on any atom is -0.360 e. The Morgan fingerprint density at radius 2 is 2.11 bits per heavy atom. The first kappa shape index (κ1) is 18.3. The molecule has 1 aliphatic rings. The summed E-state index contributed by atoms with van der Waals surface area (Å²) in [6, 6.07) is 2.51. The molecule has 0 saturated heterocycles. The summed E-state index contributed by atoms with van der Waals surface area (Å²) in [6.07, 6.45) is 7.60. The van der Waals surface area contributed by atoms with Crippen LogP contribution in [0.3, 0.4) is 0 Å². The zero-order valence-corrected chi connectivity index (χ0v) is 17.4. The fourth-order valence-electron chi connectivity index (χ4n) is 3.75. The number of aromatic nitrogens is 5. The molecule has 27 heavy (non-hydrogen) atoms. The third-order valence-electron chi connectivity index (χ3n) is 5.44. The highest BCUT2D eigenvalue weighted by Crippen LogP contribution is 2.43. The van der Waals surface area contributed by atoms with Crippen LogP contribution in [0, 0.1) is 5.95 Å². The molecule has 0 radical (unpaired) electrons. The zero-order valence-electron chi connectivity index (χ0n) is 16.4. The molecule has 0 spiro atoms. The minimum atomic E-state index is -1.09. The van der Waals surface area contributed by atoms with E-state index in [-0.39, 0.29) is 5.41 Å². The summed E-state index contributed by atoms with van der Waals surface area (Å²) in [5, 5.41) is 8.52. The van der Waals surface area contributed by atoms with E-state index in [1.807, 2.05) is 23.3 Å². The van der Waals surface area contributed by atoms with E-state index in [9.17, 15) is 4.39 Å². The molecule has 0 amide bonds. The molecule has 4 rings (SSSR count). The van der Waals surface area contributed by atoms with Gasteiger partial charge in [-0.05, 0) is 31.4 Å². The molecule has 6 nitrogen and oxygen atoms in total. The van der Waals surface area contributed by atoms with Crippen molar-refractivity contribution >= 4 is 13.7 Å². The van der Waals surface area contributed by atoms with E-state index in [0.717, 1.165) is 42.3 Å². The van der Waals surface area contributed by atoms with Crippen LogP contribution in [0.15, 0.2) is 24.7 Å². The van der Waals surface area contributed by atoms with Gasteiger partial charge in [0.1, 0.15) is 6.73 Å². The number of halogens is 1. The quantitative estimate of drug-likeness (QED) is 0.479. The van der Waals surface area contributed by atoms with Crippen LogP contribution in [0.5, 0.6) is 0 Å². The van der Waals surface area contributed by atoms with Crippen molar-refractivity contribution in [3.8, 4) is 0 Å². The molecule has 144 valence electrons. The Morgan fingerprint density at radius 3 is 2.89 bits per heavy atom. The van der Waals surface area contributed by atoms with Gasteiger partial charge in [-0.3, -0.25) is 0 Å². The molecule has 1 atom stereocenters. The van der Waals surface area contributed by atoms with Gasteiger partial charge in [-0.1, -0.05) is 19.6 Å². The topological polar surface area (TPSA) is 57.2 Å². The molecule has 0 fully saturated rings. The standard InChI is InChI=1S/C19H26FN5OSi/c1-19(15-11-22-24(12-15)13-26-7-8-27(2,3)4)6-5-14-10-21-17-9-16(20)23-25(17)18(14)19/h9-12H,5-8,13H2,1-4H3. The van der Waals surface area contributed by atoms with E-state index in [4.69, 9.17) is 4.74 Å². The van der Waals surface area contributed by atoms with E-state index in [1.54, 1.807) is 4.52 Å². The summed E-state index contributed by atoms with van der Waals surface area (Å²) in [6.45, 7) is 10.4. The van der Waals surface area contributed by atoms with Crippen LogP contribution in [-0.2, 0) is 23.3 Å². The lowest BCUT2D eigenvalue weighted by molar-refractivity contribution is 0.0785. The molecule has 3 aromatic heterocycles. The highest BCUT2D eigenvalue weighted by Gasteiger charge is 2.40. The van der Waals surface area contributed by atoms with Crippen LogP contribution in [-0.4, -0.2) is 39.1 Å². The predicted octanol–water partition coefficient (Wildman–Crippen LogP) is 3.63. The molecular weight excluding hydrogens is 361 g/mol. The second kappa shape index (κ2) is 6.52. The van der Waals surface area contributed by atoms with Crippen LogP contribution in [0.4, 0.5) is 4.39 Å². The van der Waals surface area contributed by atoms with Crippen LogP contribution in [0.2, 0.25) is 25.7 Å². The van der Waals surface area contributed by atoms with Crippen molar-refractivity contribution in [2.24, 2.45) is 0 Å². The fourth-order valence-corrected chi connectivity index (χ4v) is 4.51. The van der Waals surface area contributed by atoms with Gasteiger partial charge < -0.3 is 4.74 Å². The smallest absolute Gasteiger partial charge is 0.235 e.